The maximum atomic E-state index is 12.7. The highest BCUT2D eigenvalue weighted by molar-refractivity contribution is 7.89. The van der Waals surface area contributed by atoms with E-state index in [4.69, 9.17) is 0 Å². The lowest BCUT2D eigenvalue weighted by atomic mass is 9.86. The van der Waals surface area contributed by atoms with Crippen LogP contribution < -0.4 is 10.6 Å². The van der Waals surface area contributed by atoms with Gasteiger partial charge in [0, 0.05) is 37.7 Å². The van der Waals surface area contributed by atoms with Crippen molar-refractivity contribution >= 4 is 21.7 Å². The van der Waals surface area contributed by atoms with Crippen LogP contribution in [0, 0.1) is 5.41 Å². The van der Waals surface area contributed by atoms with Crippen LogP contribution in [0.15, 0.2) is 47.9 Å². The van der Waals surface area contributed by atoms with E-state index in [9.17, 15) is 13.2 Å². The first-order valence-corrected chi connectivity index (χ1v) is 11.7. The van der Waals surface area contributed by atoms with E-state index in [1.165, 1.54) is 4.31 Å². The van der Waals surface area contributed by atoms with Crippen LogP contribution in [0.1, 0.15) is 40.0 Å². The molecular weight excluding hydrogens is 402 g/mol. The van der Waals surface area contributed by atoms with Crippen LogP contribution in [0.3, 0.4) is 0 Å². The summed E-state index contributed by atoms with van der Waals surface area (Å²) in [6.45, 7) is 7.93. The molecule has 0 radical (unpaired) electrons. The summed E-state index contributed by atoms with van der Waals surface area (Å²) in [5.41, 5.74) is 0.383. The standard InChI is InChI=1S/C21H31N5O3S/c1-21(2,3)19(15-25-14-11-22-16-25)24-20(27)23-17-7-9-18(10-8-17)30(28,29)26-12-5-4-6-13-26/h7-11,14,16,19H,4-6,12-13,15H2,1-3H3,(H2,23,24,27)/t19-/m1/s1. The number of nitrogens with one attached hydrogen (secondary N) is 2. The van der Waals surface area contributed by atoms with Crippen molar-refractivity contribution in [2.45, 2.75) is 57.5 Å². The Bertz CT molecular complexity index is 928. The van der Waals surface area contributed by atoms with Crippen molar-refractivity contribution in [1.82, 2.24) is 19.2 Å². The van der Waals surface area contributed by atoms with Gasteiger partial charge >= 0.3 is 6.03 Å². The van der Waals surface area contributed by atoms with E-state index in [0.29, 0.717) is 25.3 Å². The van der Waals surface area contributed by atoms with Crippen LogP contribution in [-0.4, -0.2) is 47.4 Å². The molecule has 0 bridgehead atoms. The number of aromatic nitrogens is 2. The lowest BCUT2D eigenvalue weighted by molar-refractivity contribution is 0.219. The van der Waals surface area contributed by atoms with Gasteiger partial charge in [-0.2, -0.15) is 4.31 Å². The predicted molar refractivity (Wildman–Crippen MR) is 117 cm³/mol. The van der Waals surface area contributed by atoms with Crippen LogP contribution in [0.25, 0.3) is 0 Å². The number of amides is 2. The Morgan fingerprint density at radius 3 is 2.37 bits per heavy atom. The third-order valence-electron chi connectivity index (χ3n) is 5.37. The van der Waals surface area contributed by atoms with Gasteiger partial charge in [0.05, 0.1) is 17.3 Å². The first-order valence-electron chi connectivity index (χ1n) is 10.3. The van der Waals surface area contributed by atoms with E-state index in [2.05, 4.69) is 36.4 Å². The smallest absolute Gasteiger partial charge is 0.319 e. The molecule has 1 aromatic heterocycles. The number of carbonyl (C=O) groups excluding carboxylic acids is 1. The first-order chi connectivity index (χ1) is 14.2. The fraction of sp³-hybridized carbons (Fsp3) is 0.524. The molecule has 30 heavy (non-hydrogen) atoms. The maximum absolute atomic E-state index is 12.7. The number of benzene rings is 1. The van der Waals surface area contributed by atoms with Crippen LogP contribution in [-0.2, 0) is 16.6 Å². The number of hydrogen-bond acceptors (Lipinski definition) is 4. The fourth-order valence-electron chi connectivity index (χ4n) is 3.43. The number of rotatable bonds is 6. The minimum Gasteiger partial charge on any atom is -0.335 e. The molecule has 3 rings (SSSR count). The number of anilines is 1. The molecule has 0 aliphatic carbocycles. The summed E-state index contributed by atoms with van der Waals surface area (Å²) in [4.78, 5) is 16.9. The quantitative estimate of drug-likeness (QED) is 0.731. The molecule has 1 aliphatic heterocycles. The largest absolute Gasteiger partial charge is 0.335 e. The van der Waals surface area contributed by atoms with E-state index >= 15 is 0 Å². The van der Waals surface area contributed by atoms with E-state index in [1.807, 2.05) is 10.8 Å². The number of nitrogens with zero attached hydrogens (tertiary/aromatic N) is 3. The minimum absolute atomic E-state index is 0.120. The summed E-state index contributed by atoms with van der Waals surface area (Å²) in [7, 11) is -3.48. The zero-order chi connectivity index (χ0) is 21.8. The Morgan fingerprint density at radius 1 is 1.13 bits per heavy atom. The molecule has 1 aliphatic rings. The molecule has 1 aromatic carbocycles. The minimum atomic E-state index is -3.48. The number of carbonyl (C=O) groups is 1. The predicted octanol–water partition coefficient (Wildman–Crippen LogP) is 3.29. The average molecular weight is 434 g/mol. The van der Waals surface area contributed by atoms with E-state index in [-0.39, 0.29) is 22.4 Å². The van der Waals surface area contributed by atoms with Gasteiger partial charge in [0.2, 0.25) is 10.0 Å². The molecule has 1 saturated heterocycles. The van der Waals surface area contributed by atoms with Gasteiger partial charge in [0.1, 0.15) is 0 Å². The molecule has 9 heteroatoms. The maximum Gasteiger partial charge on any atom is 0.319 e. The molecule has 8 nitrogen and oxygen atoms in total. The van der Waals surface area contributed by atoms with Gasteiger partial charge in [0.25, 0.3) is 0 Å². The Hall–Kier alpha value is -2.39. The van der Waals surface area contributed by atoms with Crippen LogP contribution in [0.4, 0.5) is 10.5 Å². The molecule has 2 N–H and O–H groups in total. The Labute approximate surface area is 178 Å². The molecular formula is C21H31N5O3S. The van der Waals surface area contributed by atoms with Crippen molar-refractivity contribution in [1.29, 1.82) is 0 Å². The number of urea groups is 1. The van der Waals surface area contributed by atoms with Crippen molar-refractivity contribution in [3.63, 3.8) is 0 Å². The van der Waals surface area contributed by atoms with E-state index in [1.54, 1.807) is 36.8 Å². The number of imidazole rings is 1. The van der Waals surface area contributed by atoms with Gasteiger partial charge in [0.15, 0.2) is 0 Å². The third-order valence-corrected chi connectivity index (χ3v) is 7.28. The van der Waals surface area contributed by atoms with E-state index in [0.717, 1.165) is 19.3 Å². The summed E-state index contributed by atoms with van der Waals surface area (Å²) in [5, 5.41) is 5.81. The lowest BCUT2D eigenvalue weighted by Gasteiger charge is -2.31. The Kier molecular flexibility index (Phi) is 6.82. The number of piperidine rings is 1. The second kappa shape index (κ2) is 9.18. The van der Waals surface area contributed by atoms with Gasteiger partial charge in [-0.15, -0.1) is 0 Å². The Morgan fingerprint density at radius 2 is 1.80 bits per heavy atom. The highest BCUT2D eigenvalue weighted by atomic mass is 32.2. The molecule has 0 saturated carbocycles. The molecule has 2 amide bonds. The highest BCUT2D eigenvalue weighted by Gasteiger charge is 2.27. The molecule has 2 aromatic rings. The Balaban J connectivity index is 1.63. The fourth-order valence-corrected chi connectivity index (χ4v) is 4.95. The van der Waals surface area contributed by atoms with Gasteiger partial charge in [-0.25, -0.2) is 18.2 Å². The van der Waals surface area contributed by atoms with Crippen LogP contribution >= 0.6 is 0 Å². The summed E-state index contributed by atoms with van der Waals surface area (Å²) >= 11 is 0. The molecule has 1 fully saturated rings. The second-order valence-electron chi connectivity index (χ2n) is 8.77. The second-order valence-corrected chi connectivity index (χ2v) is 10.7. The first kappa shape index (κ1) is 22.3. The zero-order valence-corrected chi connectivity index (χ0v) is 18.7. The lowest BCUT2D eigenvalue weighted by Crippen LogP contribution is -2.47. The monoisotopic (exact) mass is 433 g/mol. The van der Waals surface area contributed by atoms with Gasteiger partial charge in [-0.1, -0.05) is 27.2 Å². The SMILES string of the molecule is CC(C)(C)[C@@H](Cn1ccnc1)NC(=O)Nc1ccc(S(=O)(=O)N2CCCCC2)cc1. The van der Waals surface area contributed by atoms with Gasteiger partial charge in [-0.05, 0) is 42.5 Å². The van der Waals surface area contributed by atoms with Crippen LogP contribution in [0.2, 0.25) is 0 Å². The van der Waals surface area contributed by atoms with Gasteiger partial charge in [-0.3, -0.25) is 0 Å². The van der Waals surface area contributed by atoms with Gasteiger partial charge < -0.3 is 15.2 Å². The molecule has 0 spiro atoms. The van der Waals surface area contributed by atoms with Crippen molar-refractivity contribution in [2.75, 3.05) is 18.4 Å². The topological polar surface area (TPSA) is 96.3 Å². The number of hydrogen-bond donors (Lipinski definition) is 2. The van der Waals surface area contributed by atoms with Crippen molar-refractivity contribution in [3.8, 4) is 0 Å². The molecule has 0 unspecified atom stereocenters. The molecule has 1 atom stereocenters. The van der Waals surface area contributed by atoms with Crippen molar-refractivity contribution in [2.24, 2.45) is 5.41 Å². The summed E-state index contributed by atoms with van der Waals surface area (Å²) in [6, 6.07) is 5.89. The van der Waals surface area contributed by atoms with E-state index < -0.39 is 10.0 Å². The summed E-state index contributed by atoms with van der Waals surface area (Å²) < 4.78 is 29.0. The average Bonchev–Trinajstić information content (AvgIpc) is 3.21. The normalized spacial score (nSPS) is 16.8. The number of sulfonamides is 1. The third kappa shape index (κ3) is 5.60. The summed E-state index contributed by atoms with van der Waals surface area (Å²) in [5.74, 6) is 0. The molecule has 2 heterocycles. The highest BCUT2D eigenvalue weighted by Crippen LogP contribution is 2.23. The van der Waals surface area contributed by atoms with Crippen LogP contribution in [0.5, 0.6) is 0 Å². The summed E-state index contributed by atoms with van der Waals surface area (Å²) in [6.07, 6.45) is 8.15. The molecule has 164 valence electrons. The zero-order valence-electron chi connectivity index (χ0n) is 17.8. The van der Waals surface area contributed by atoms with Crippen molar-refractivity contribution < 1.29 is 13.2 Å². The van der Waals surface area contributed by atoms with Crippen molar-refractivity contribution in [3.05, 3.63) is 43.0 Å².